The van der Waals surface area contributed by atoms with Gasteiger partial charge in [-0.25, -0.2) is 9.97 Å². The van der Waals surface area contributed by atoms with Gasteiger partial charge in [-0.15, -0.1) is 0 Å². The van der Waals surface area contributed by atoms with Crippen molar-refractivity contribution < 1.29 is 0 Å². The first kappa shape index (κ1) is 11.6. The molecule has 1 heterocycles. The summed E-state index contributed by atoms with van der Waals surface area (Å²) in [5.74, 6) is 1.19. The first-order valence-electron chi connectivity index (χ1n) is 5.39. The molecule has 0 aliphatic rings. The van der Waals surface area contributed by atoms with Gasteiger partial charge in [0.1, 0.15) is 17.6 Å². The highest BCUT2D eigenvalue weighted by Gasteiger charge is 2.14. The Morgan fingerprint density at radius 1 is 1.20 bits per heavy atom. The van der Waals surface area contributed by atoms with E-state index < -0.39 is 0 Å². The van der Waals surface area contributed by atoms with Crippen LogP contribution in [0.25, 0.3) is 0 Å². The summed E-state index contributed by atoms with van der Waals surface area (Å²) in [6, 6.07) is 2.13. The molecule has 0 bridgehead atoms. The first-order valence-corrected chi connectivity index (χ1v) is 5.39. The van der Waals surface area contributed by atoms with E-state index in [1.54, 1.807) is 0 Å². The third-order valence-electron chi connectivity index (χ3n) is 2.86. The molecule has 1 aromatic rings. The molecular weight excluding hydrogens is 186 g/mol. The van der Waals surface area contributed by atoms with Gasteiger partial charge in [0.2, 0.25) is 0 Å². The number of hydrogen-bond donors (Lipinski definition) is 0. The molecule has 3 nitrogen and oxygen atoms in total. The fourth-order valence-electron chi connectivity index (χ4n) is 1.60. The van der Waals surface area contributed by atoms with Crippen LogP contribution in [0.3, 0.4) is 0 Å². The Kier molecular flexibility index (Phi) is 3.79. The summed E-state index contributed by atoms with van der Waals surface area (Å²) in [7, 11) is 0. The first-order chi connectivity index (χ1) is 7.13. The summed E-state index contributed by atoms with van der Waals surface area (Å²) in [5, 5.41) is 8.95. The molecule has 15 heavy (non-hydrogen) atoms. The van der Waals surface area contributed by atoms with E-state index in [4.69, 9.17) is 5.26 Å². The zero-order chi connectivity index (χ0) is 11.4. The minimum absolute atomic E-state index is 0.372. The van der Waals surface area contributed by atoms with Gasteiger partial charge in [0.25, 0.3) is 0 Å². The van der Waals surface area contributed by atoms with Gasteiger partial charge >= 0.3 is 0 Å². The summed E-state index contributed by atoms with van der Waals surface area (Å²) < 4.78 is 0. The largest absolute Gasteiger partial charge is 0.238 e. The van der Waals surface area contributed by atoms with Gasteiger partial charge in [0, 0.05) is 17.2 Å². The van der Waals surface area contributed by atoms with Gasteiger partial charge in [-0.3, -0.25) is 0 Å². The number of aryl methyl sites for hydroxylation is 1. The van der Waals surface area contributed by atoms with E-state index in [1.165, 1.54) is 0 Å². The third-order valence-corrected chi connectivity index (χ3v) is 2.86. The molecule has 1 rings (SSSR count). The molecule has 0 fully saturated rings. The van der Waals surface area contributed by atoms with Gasteiger partial charge in [-0.1, -0.05) is 13.8 Å². The van der Waals surface area contributed by atoms with Gasteiger partial charge in [0.15, 0.2) is 0 Å². The van der Waals surface area contributed by atoms with E-state index in [0.717, 1.165) is 29.9 Å². The average Bonchev–Trinajstić information content (AvgIpc) is 2.24. The van der Waals surface area contributed by atoms with Crippen LogP contribution in [0.2, 0.25) is 0 Å². The molecule has 0 aliphatic heterocycles. The van der Waals surface area contributed by atoms with Crippen LogP contribution in [0.15, 0.2) is 0 Å². The summed E-state index contributed by atoms with van der Waals surface area (Å²) >= 11 is 0. The average molecular weight is 203 g/mol. The molecule has 0 spiro atoms. The van der Waals surface area contributed by atoms with Gasteiger partial charge in [-0.2, -0.15) is 5.26 Å². The van der Waals surface area contributed by atoms with Crippen LogP contribution in [0.4, 0.5) is 0 Å². The number of nitriles is 1. The fraction of sp³-hybridized carbons (Fsp3) is 0.583. The lowest BCUT2D eigenvalue weighted by Gasteiger charge is -2.12. The number of aromatic nitrogens is 2. The predicted molar refractivity (Wildman–Crippen MR) is 59.5 cm³/mol. The number of nitrogens with zero attached hydrogens (tertiary/aromatic N) is 3. The Bertz CT molecular complexity index is 387. The molecule has 0 radical (unpaired) electrons. The van der Waals surface area contributed by atoms with Crippen molar-refractivity contribution >= 4 is 0 Å². The molecular formula is C12H17N3. The molecule has 0 N–H and O–H groups in total. The minimum atomic E-state index is 0.372. The molecule has 80 valence electrons. The summed E-state index contributed by atoms with van der Waals surface area (Å²) in [6.45, 7) is 8.08. The van der Waals surface area contributed by atoms with Crippen molar-refractivity contribution in [2.75, 3.05) is 0 Å². The summed E-state index contributed by atoms with van der Waals surface area (Å²) in [4.78, 5) is 8.78. The van der Waals surface area contributed by atoms with Crippen LogP contribution in [0, 0.1) is 25.2 Å². The molecule has 0 amide bonds. The highest BCUT2D eigenvalue weighted by molar-refractivity contribution is 5.33. The van der Waals surface area contributed by atoms with Crippen molar-refractivity contribution in [3.8, 4) is 6.07 Å². The van der Waals surface area contributed by atoms with Crippen LogP contribution < -0.4 is 0 Å². The van der Waals surface area contributed by atoms with Gasteiger partial charge in [0.05, 0.1) is 0 Å². The maximum absolute atomic E-state index is 8.95. The van der Waals surface area contributed by atoms with E-state index in [1.807, 2.05) is 13.8 Å². The summed E-state index contributed by atoms with van der Waals surface area (Å²) in [5.41, 5.74) is 2.33. The zero-order valence-corrected chi connectivity index (χ0v) is 9.83. The van der Waals surface area contributed by atoms with Crippen LogP contribution in [0.5, 0.6) is 0 Å². The molecule has 0 unspecified atom stereocenters. The topological polar surface area (TPSA) is 49.6 Å². The fourth-order valence-corrected chi connectivity index (χ4v) is 1.60. The quantitative estimate of drug-likeness (QED) is 0.759. The highest BCUT2D eigenvalue weighted by Crippen LogP contribution is 2.21. The highest BCUT2D eigenvalue weighted by atomic mass is 14.9. The normalized spacial score (nSPS) is 10.4. The molecule has 0 atom stereocenters. The monoisotopic (exact) mass is 203 g/mol. The van der Waals surface area contributed by atoms with E-state index in [2.05, 4.69) is 29.9 Å². The lowest BCUT2D eigenvalue weighted by molar-refractivity contribution is 0.597. The second kappa shape index (κ2) is 4.88. The van der Waals surface area contributed by atoms with Crippen molar-refractivity contribution in [3.05, 3.63) is 22.8 Å². The number of rotatable bonds is 3. The zero-order valence-electron chi connectivity index (χ0n) is 9.83. The smallest absolute Gasteiger partial charge is 0.147 e. The van der Waals surface area contributed by atoms with E-state index in [9.17, 15) is 0 Å². The third kappa shape index (κ3) is 2.33. The molecule has 0 saturated heterocycles. The Hall–Kier alpha value is -1.43. The SMILES string of the molecule is CCC(CC)c1nc(C)c(C)c(C#N)n1. The van der Waals surface area contributed by atoms with E-state index in [-0.39, 0.29) is 0 Å². The minimum Gasteiger partial charge on any atom is -0.238 e. The van der Waals surface area contributed by atoms with E-state index in [0.29, 0.717) is 11.6 Å². The maximum atomic E-state index is 8.95. The molecule has 0 saturated carbocycles. The van der Waals surface area contributed by atoms with Gasteiger partial charge < -0.3 is 0 Å². The van der Waals surface area contributed by atoms with Crippen molar-refractivity contribution in [2.24, 2.45) is 0 Å². The Balaban J connectivity index is 3.22. The van der Waals surface area contributed by atoms with Gasteiger partial charge in [-0.05, 0) is 26.7 Å². The van der Waals surface area contributed by atoms with Crippen LogP contribution in [-0.2, 0) is 0 Å². The lowest BCUT2D eigenvalue weighted by atomic mass is 10.0. The molecule has 3 heteroatoms. The number of hydrogen-bond acceptors (Lipinski definition) is 3. The second-order valence-corrected chi connectivity index (χ2v) is 3.77. The predicted octanol–water partition coefficient (Wildman–Crippen LogP) is 2.87. The molecule has 0 aromatic carbocycles. The van der Waals surface area contributed by atoms with Crippen molar-refractivity contribution in [3.63, 3.8) is 0 Å². The summed E-state index contributed by atoms with van der Waals surface area (Å²) in [6.07, 6.45) is 2.04. The van der Waals surface area contributed by atoms with Crippen molar-refractivity contribution in [1.82, 2.24) is 9.97 Å². The molecule has 1 aromatic heterocycles. The van der Waals surface area contributed by atoms with Crippen molar-refractivity contribution in [2.45, 2.75) is 46.5 Å². The van der Waals surface area contributed by atoms with Crippen LogP contribution in [-0.4, -0.2) is 9.97 Å². The maximum Gasteiger partial charge on any atom is 0.147 e. The van der Waals surface area contributed by atoms with Crippen molar-refractivity contribution in [1.29, 1.82) is 5.26 Å². The van der Waals surface area contributed by atoms with E-state index >= 15 is 0 Å². The van der Waals surface area contributed by atoms with Crippen LogP contribution >= 0.6 is 0 Å². The standard InChI is InChI=1S/C12H17N3/c1-5-10(6-2)12-14-9(4)8(3)11(7-13)15-12/h10H,5-6H2,1-4H3. The molecule has 0 aliphatic carbocycles. The Morgan fingerprint density at radius 2 is 1.80 bits per heavy atom. The Morgan fingerprint density at radius 3 is 2.27 bits per heavy atom. The van der Waals surface area contributed by atoms with Crippen LogP contribution in [0.1, 0.15) is 55.4 Å². The second-order valence-electron chi connectivity index (χ2n) is 3.77. The Labute approximate surface area is 91.2 Å². The lowest BCUT2D eigenvalue weighted by Crippen LogP contribution is -2.07.